The number of nitrogens with two attached hydrogens (primary N) is 1. The summed E-state index contributed by atoms with van der Waals surface area (Å²) in [6, 6.07) is 0. The molecule has 1 atom stereocenters. The highest BCUT2D eigenvalue weighted by Crippen LogP contribution is 1.97. The van der Waals surface area contributed by atoms with Crippen LogP contribution in [0.2, 0.25) is 0 Å². The van der Waals surface area contributed by atoms with E-state index in [4.69, 9.17) is 5.73 Å². The van der Waals surface area contributed by atoms with E-state index in [1.54, 1.807) is 0 Å². The molecule has 2 heteroatoms. The first-order valence-corrected chi connectivity index (χ1v) is 4.38. The van der Waals surface area contributed by atoms with Crippen molar-refractivity contribution in [3.05, 3.63) is 25.3 Å². The molecule has 0 aliphatic carbocycles. The summed E-state index contributed by atoms with van der Waals surface area (Å²) in [5.74, 6) is 0.546. The Kier molecular flexibility index (Phi) is 6.72. The predicted octanol–water partition coefficient (Wildman–Crippen LogP) is 1.26. The molecule has 0 aromatic heterocycles. The molecule has 0 aromatic carbocycles. The lowest BCUT2D eigenvalue weighted by Gasteiger charge is -2.21. The maximum Gasteiger partial charge on any atom is 0.0164 e. The Morgan fingerprint density at radius 1 is 1.33 bits per heavy atom. The Labute approximate surface area is 75.7 Å². The molecule has 0 bridgehead atoms. The molecule has 0 radical (unpaired) electrons. The monoisotopic (exact) mass is 168 g/mol. The number of rotatable bonds is 7. The minimum atomic E-state index is 0.546. The fraction of sp³-hybridized carbons (Fsp3) is 0.600. The number of hydrogen-bond donors (Lipinski definition) is 1. The lowest BCUT2D eigenvalue weighted by Crippen LogP contribution is -2.31. The van der Waals surface area contributed by atoms with E-state index in [1.807, 2.05) is 12.2 Å². The molecule has 70 valence electrons. The van der Waals surface area contributed by atoms with Crippen LogP contribution in [0.4, 0.5) is 0 Å². The van der Waals surface area contributed by atoms with Gasteiger partial charge in [-0.25, -0.2) is 0 Å². The van der Waals surface area contributed by atoms with Crippen molar-refractivity contribution in [3.63, 3.8) is 0 Å². The van der Waals surface area contributed by atoms with Crippen molar-refractivity contribution in [1.82, 2.24) is 4.90 Å². The third-order valence-corrected chi connectivity index (χ3v) is 1.75. The second-order valence-electron chi connectivity index (χ2n) is 3.14. The molecule has 0 heterocycles. The van der Waals surface area contributed by atoms with Crippen molar-refractivity contribution in [1.29, 1.82) is 0 Å². The smallest absolute Gasteiger partial charge is 0.0164 e. The second-order valence-corrected chi connectivity index (χ2v) is 3.14. The van der Waals surface area contributed by atoms with Gasteiger partial charge in [-0.2, -0.15) is 0 Å². The molecule has 0 aliphatic heterocycles. The van der Waals surface area contributed by atoms with Gasteiger partial charge in [0.2, 0.25) is 0 Å². The Balaban J connectivity index is 3.75. The highest BCUT2D eigenvalue weighted by Gasteiger charge is 2.05. The molecule has 1 unspecified atom stereocenters. The Morgan fingerprint density at radius 3 is 2.17 bits per heavy atom. The standard InChI is InChI=1S/C10H20N2/c1-4-6-12(7-5-2)9-10(3)8-11/h4-5,10H,1-2,6-9,11H2,3H3. The minimum absolute atomic E-state index is 0.546. The largest absolute Gasteiger partial charge is 0.330 e. The average molecular weight is 168 g/mol. The summed E-state index contributed by atoms with van der Waals surface area (Å²) in [4.78, 5) is 2.28. The van der Waals surface area contributed by atoms with Gasteiger partial charge in [0.05, 0.1) is 0 Å². The molecule has 12 heavy (non-hydrogen) atoms. The van der Waals surface area contributed by atoms with Gasteiger partial charge in [-0.1, -0.05) is 19.1 Å². The van der Waals surface area contributed by atoms with Gasteiger partial charge in [0, 0.05) is 19.6 Å². The third kappa shape index (κ3) is 5.10. The number of hydrogen-bond acceptors (Lipinski definition) is 2. The average Bonchev–Trinajstić information content (AvgIpc) is 2.05. The first-order valence-electron chi connectivity index (χ1n) is 4.38. The molecular weight excluding hydrogens is 148 g/mol. The van der Waals surface area contributed by atoms with E-state index < -0.39 is 0 Å². The van der Waals surface area contributed by atoms with Gasteiger partial charge in [-0.3, -0.25) is 4.90 Å². The van der Waals surface area contributed by atoms with E-state index >= 15 is 0 Å². The molecular formula is C10H20N2. The van der Waals surface area contributed by atoms with Gasteiger partial charge < -0.3 is 5.73 Å². The van der Waals surface area contributed by atoms with Crippen LogP contribution < -0.4 is 5.73 Å². The van der Waals surface area contributed by atoms with Crippen LogP contribution in [0, 0.1) is 5.92 Å². The van der Waals surface area contributed by atoms with Crippen LogP contribution in [-0.2, 0) is 0 Å². The fourth-order valence-corrected chi connectivity index (χ4v) is 1.10. The molecule has 0 fully saturated rings. The molecule has 0 rings (SSSR count). The maximum absolute atomic E-state index is 5.53. The Hall–Kier alpha value is -0.600. The highest BCUT2D eigenvalue weighted by atomic mass is 15.1. The molecule has 0 spiro atoms. The summed E-state index contributed by atoms with van der Waals surface area (Å²) in [7, 11) is 0. The van der Waals surface area contributed by atoms with E-state index in [9.17, 15) is 0 Å². The Morgan fingerprint density at radius 2 is 1.83 bits per heavy atom. The van der Waals surface area contributed by atoms with Crippen LogP contribution in [0.15, 0.2) is 25.3 Å². The van der Waals surface area contributed by atoms with Gasteiger partial charge in [-0.05, 0) is 12.5 Å². The first-order chi connectivity index (χ1) is 5.74. The topological polar surface area (TPSA) is 29.3 Å². The summed E-state index contributed by atoms with van der Waals surface area (Å²) in [5.41, 5.74) is 5.53. The molecule has 0 amide bonds. The van der Waals surface area contributed by atoms with Crippen molar-refractivity contribution in [2.45, 2.75) is 6.92 Å². The predicted molar refractivity (Wildman–Crippen MR) is 55.1 cm³/mol. The fourth-order valence-electron chi connectivity index (χ4n) is 1.10. The van der Waals surface area contributed by atoms with Gasteiger partial charge in [-0.15, -0.1) is 13.2 Å². The van der Waals surface area contributed by atoms with E-state index in [1.165, 1.54) is 0 Å². The second kappa shape index (κ2) is 7.07. The quantitative estimate of drug-likeness (QED) is 0.580. The van der Waals surface area contributed by atoms with Gasteiger partial charge >= 0.3 is 0 Å². The van der Waals surface area contributed by atoms with Gasteiger partial charge in [0.25, 0.3) is 0 Å². The summed E-state index contributed by atoms with van der Waals surface area (Å²) >= 11 is 0. The zero-order chi connectivity index (χ0) is 9.40. The van der Waals surface area contributed by atoms with E-state index in [-0.39, 0.29) is 0 Å². The van der Waals surface area contributed by atoms with E-state index in [2.05, 4.69) is 25.0 Å². The van der Waals surface area contributed by atoms with Gasteiger partial charge in [0.1, 0.15) is 0 Å². The van der Waals surface area contributed by atoms with Crippen molar-refractivity contribution in [3.8, 4) is 0 Å². The van der Waals surface area contributed by atoms with Crippen molar-refractivity contribution < 1.29 is 0 Å². The summed E-state index contributed by atoms with van der Waals surface area (Å²) in [5, 5.41) is 0. The molecule has 0 saturated carbocycles. The third-order valence-electron chi connectivity index (χ3n) is 1.75. The lowest BCUT2D eigenvalue weighted by atomic mass is 10.1. The van der Waals surface area contributed by atoms with Crippen LogP contribution >= 0.6 is 0 Å². The SMILES string of the molecule is C=CCN(CC=C)CC(C)CN. The zero-order valence-corrected chi connectivity index (χ0v) is 8.00. The van der Waals surface area contributed by atoms with Crippen molar-refractivity contribution in [2.75, 3.05) is 26.2 Å². The molecule has 2 nitrogen and oxygen atoms in total. The molecule has 2 N–H and O–H groups in total. The molecule has 0 aromatic rings. The molecule has 0 aliphatic rings. The van der Waals surface area contributed by atoms with Crippen molar-refractivity contribution >= 4 is 0 Å². The van der Waals surface area contributed by atoms with E-state index in [0.717, 1.165) is 26.2 Å². The minimum Gasteiger partial charge on any atom is -0.330 e. The zero-order valence-electron chi connectivity index (χ0n) is 8.00. The van der Waals surface area contributed by atoms with Crippen LogP contribution in [0.25, 0.3) is 0 Å². The van der Waals surface area contributed by atoms with Crippen LogP contribution in [0.5, 0.6) is 0 Å². The van der Waals surface area contributed by atoms with Crippen LogP contribution in [0.3, 0.4) is 0 Å². The normalized spacial score (nSPS) is 12.9. The van der Waals surface area contributed by atoms with Crippen LogP contribution in [-0.4, -0.2) is 31.1 Å². The summed E-state index contributed by atoms with van der Waals surface area (Å²) in [6.07, 6.45) is 3.82. The maximum atomic E-state index is 5.53. The van der Waals surface area contributed by atoms with Crippen LogP contribution in [0.1, 0.15) is 6.92 Å². The first kappa shape index (κ1) is 11.4. The Bertz CT molecular complexity index is 122. The molecule has 0 saturated heterocycles. The van der Waals surface area contributed by atoms with E-state index in [0.29, 0.717) is 5.92 Å². The van der Waals surface area contributed by atoms with Gasteiger partial charge in [0.15, 0.2) is 0 Å². The summed E-state index contributed by atoms with van der Waals surface area (Å²) in [6.45, 7) is 13.2. The summed E-state index contributed by atoms with van der Waals surface area (Å²) < 4.78 is 0. The lowest BCUT2D eigenvalue weighted by molar-refractivity contribution is 0.288. The number of nitrogens with zero attached hydrogens (tertiary/aromatic N) is 1. The van der Waals surface area contributed by atoms with Crippen molar-refractivity contribution in [2.24, 2.45) is 11.7 Å². The highest BCUT2D eigenvalue weighted by molar-refractivity contribution is 4.80.